The molecule has 0 atom stereocenters. The summed E-state index contributed by atoms with van der Waals surface area (Å²) in [7, 11) is 0. The monoisotopic (exact) mass is 182 g/mol. The molecule has 0 spiro atoms. The van der Waals surface area contributed by atoms with E-state index in [9.17, 15) is 14.4 Å². The summed E-state index contributed by atoms with van der Waals surface area (Å²) in [6, 6.07) is 0. The van der Waals surface area contributed by atoms with Crippen LogP contribution in [0.4, 0.5) is 0 Å². The molecular weight excluding hydrogens is 170 g/mol. The minimum absolute atomic E-state index is 0.0599. The van der Waals surface area contributed by atoms with Gasteiger partial charge in [0, 0.05) is 18.4 Å². The van der Waals surface area contributed by atoms with Crippen molar-refractivity contribution in [3.8, 4) is 0 Å². The zero-order chi connectivity index (χ0) is 10.4. The molecule has 4 nitrogen and oxygen atoms in total. The fourth-order valence-electron chi connectivity index (χ4n) is 0.780. The quantitative estimate of drug-likeness (QED) is 0.587. The van der Waals surface area contributed by atoms with E-state index >= 15 is 0 Å². The van der Waals surface area contributed by atoms with Gasteiger partial charge in [-0.15, -0.1) is 0 Å². The number of carbonyl (C=O) groups is 3. The standard InChI is InChI=1S/C9H12NO3/c1-6(11)3-4-8(9(10)13)5-7(2)12/h4,10H,3,5H2,1-2H3. The lowest BCUT2D eigenvalue weighted by Gasteiger charge is -1.97. The van der Waals surface area contributed by atoms with Crippen molar-refractivity contribution in [2.45, 2.75) is 26.7 Å². The third-order valence-corrected chi connectivity index (χ3v) is 1.37. The Hall–Kier alpha value is -1.45. The number of amides is 1. The minimum atomic E-state index is -0.892. The number of nitrogens with one attached hydrogen (secondary N) is 1. The Bertz CT molecular complexity index is 266. The second-order valence-electron chi connectivity index (χ2n) is 2.84. The van der Waals surface area contributed by atoms with Gasteiger partial charge in [-0.05, 0) is 13.8 Å². The van der Waals surface area contributed by atoms with Crippen LogP contribution in [0.1, 0.15) is 26.7 Å². The van der Waals surface area contributed by atoms with Crippen molar-refractivity contribution in [1.82, 2.24) is 5.73 Å². The lowest BCUT2D eigenvalue weighted by Crippen LogP contribution is -2.07. The molecule has 0 unspecified atom stereocenters. The number of allylic oxidation sites excluding steroid dienone is 1. The van der Waals surface area contributed by atoms with E-state index in [0.717, 1.165) is 0 Å². The van der Waals surface area contributed by atoms with E-state index in [1.165, 1.54) is 19.9 Å². The molecule has 0 aliphatic heterocycles. The van der Waals surface area contributed by atoms with Crippen LogP contribution in [-0.4, -0.2) is 17.5 Å². The van der Waals surface area contributed by atoms with Crippen molar-refractivity contribution in [2.24, 2.45) is 0 Å². The van der Waals surface area contributed by atoms with Crippen LogP contribution < -0.4 is 5.73 Å². The van der Waals surface area contributed by atoms with Crippen LogP contribution in [0.3, 0.4) is 0 Å². The first kappa shape index (κ1) is 11.6. The molecule has 0 rings (SSSR count). The van der Waals surface area contributed by atoms with Gasteiger partial charge in [0.25, 0.3) is 5.91 Å². The van der Waals surface area contributed by atoms with Gasteiger partial charge in [-0.1, -0.05) is 6.08 Å². The highest BCUT2D eigenvalue weighted by Gasteiger charge is 2.08. The summed E-state index contributed by atoms with van der Waals surface area (Å²) >= 11 is 0. The lowest BCUT2D eigenvalue weighted by atomic mass is 10.1. The first-order valence-corrected chi connectivity index (χ1v) is 3.87. The third-order valence-electron chi connectivity index (χ3n) is 1.37. The largest absolute Gasteiger partial charge is 0.300 e. The average molecular weight is 182 g/mol. The van der Waals surface area contributed by atoms with Crippen LogP contribution in [0.15, 0.2) is 11.6 Å². The Balaban J connectivity index is 4.41. The molecule has 0 bridgehead atoms. The molecule has 71 valence electrons. The zero-order valence-electron chi connectivity index (χ0n) is 7.72. The summed E-state index contributed by atoms with van der Waals surface area (Å²) in [4.78, 5) is 31.8. The Kier molecular flexibility index (Phi) is 4.66. The molecule has 0 aliphatic carbocycles. The van der Waals surface area contributed by atoms with Crippen LogP contribution in [0.5, 0.6) is 0 Å². The fraction of sp³-hybridized carbons (Fsp3) is 0.444. The van der Waals surface area contributed by atoms with Gasteiger partial charge in [-0.25, -0.2) is 0 Å². The summed E-state index contributed by atoms with van der Waals surface area (Å²) in [5.41, 5.74) is 6.90. The molecule has 0 aliphatic rings. The number of hydrogen-bond donors (Lipinski definition) is 0. The van der Waals surface area contributed by atoms with Crippen molar-refractivity contribution in [1.29, 1.82) is 0 Å². The van der Waals surface area contributed by atoms with Crippen LogP contribution in [0.2, 0.25) is 0 Å². The average Bonchev–Trinajstić information content (AvgIpc) is 1.96. The smallest absolute Gasteiger partial charge is 0.265 e. The number of hydrogen-bond acceptors (Lipinski definition) is 3. The van der Waals surface area contributed by atoms with Gasteiger partial charge in [0.05, 0.1) is 0 Å². The Morgan fingerprint density at radius 2 is 1.69 bits per heavy atom. The predicted molar refractivity (Wildman–Crippen MR) is 46.8 cm³/mol. The highest BCUT2D eigenvalue weighted by molar-refractivity contribution is 5.97. The summed E-state index contributed by atoms with van der Waals surface area (Å²) in [6.45, 7) is 2.72. The van der Waals surface area contributed by atoms with Crippen molar-refractivity contribution < 1.29 is 14.4 Å². The topological polar surface area (TPSA) is 75.0 Å². The van der Waals surface area contributed by atoms with Crippen LogP contribution >= 0.6 is 0 Å². The van der Waals surface area contributed by atoms with Crippen LogP contribution in [0.25, 0.3) is 0 Å². The summed E-state index contributed by atoms with van der Waals surface area (Å²) in [5, 5.41) is 0. The lowest BCUT2D eigenvalue weighted by molar-refractivity contribution is -0.119. The second-order valence-corrected chi connectivity index (χ2v) is 2.84. The summed E-state index contributed by atoms with van der Waals surface area (Å²) < 4.78 is 0. The maximum Gasteiger partial charge on any atom is 0.265 e. The molecule has 13 heavy (non-hydrogen) atoms. The van der Waals surface area contributed by atoms with E-state index in [0.29, 0.717) is 0 Å². The number of rotatable bonds is 5. The van der Waals surface area contributed by atoms with E-state index in [4.69, 9.17) is 5.73 Å². The van der Waals surface area contributed by atoms with Crippen molar-refractivity contribution in [2.75, 3.05) is 0 Å². The van der Waals surface area contributed by atoms with E-state index in [1.807, 2.05) is 0 Å². The zero-order valence-corrected chi connectivity index (χ0v) is 7.72. The fourth-order valence-corrected chi connectivity index (χ4v) is 0.780. The van der Waals surface area contributed by atoms with E-state index in [2.05, 4.69) is 0 Å². The van der Waals surface area contributed by atoms with Crippen molar-refractivity contribution >= 4 is 17.5 Å². The van der Waals surface area contributed by atoms with E-state index in [-0.39, 0.29) is 30.0 Å². The number of carbonyl (C=O) groups excluding carboxylic acids is 3. The molecule has 1 radical (unpaired) electrons. The minimum Gasteiger partial charge on any atom is -0.300 e. The first-order valence-electron chi connectivity index (χ1n) is 3.87. The van der Waals surface area contributed by atoms with E-state index in [1.54, 1.807) is 0 Å². The summed E-state index contributed by atoms with van der Waals surface area (Å²) in [5.74, 6) is -1.17. The van der Waals surface area contributed by atoms with Crippen molar-refractivity contribution in [3.05, 3.63) is 11.6 Å². The van der Waals surface area contributed by atoms with Gasteiger partial charge in [-0.3, -0.25) is 20.1 Å². The number of Topliss-reactive ketones (excluding diaryl/α,β-unsaturated/α-hetero) is 2. The van der Waals surface area contributed by atoms with Gasteiger partial charge in [-0.2, -0.15) is 0 Å². The van der Waals surface area contributed by atoms with Gasteiger partial charge in [0.15, 0.2) is 0 Å². The molecule has 0 heterocycles. The van der Waals surface area contributed by atoms with Gasteiger partial charge >= 0.3 is 0 Å². The molecule has 0 saturated carbocycles. The molecule has 0 aromatic rings. The third kappa shape index (κ3) is 5.78. The Morgan fingerprint density at radius 3 is 2.00 bits per heavy atom. The van der Waals surface area contributed by atoms with Crippen LogP contribution in [0, 0.1) is 0 Å². The highest BCUT2D eigenvalue weighted by Crippen LogP contribution is 2.03. The molecule has 0 aromatic heterocycles. The molecular formula is C9H12NO3. The molecule has 0 saturated heterocycles. The first-order chi connectivity index (χ1) is 5.93. The van der Waals surface area contributed by atoms with Crippen LogP contribution in [-0.2, 0) is 14.4 Å². The molecule has 4 heteroatoms. The second kappa shape index (κ2) is 5.24. The predicted octanol–water partition coefficient (Wildman–Crippen LogP) is 0.680. The normalized spacial score (nSPS) is 11.1. The Labute approximate surface area is 76.8 Å². The van der Waals surface area contributed by atoms with Gasteiger partial charge in [0.2, 0.25) is 0 Å². The SMILES string of the molecule is CC(=O)CC=C(CC(C)=O)C([NH])=O. The van der Waals surface area contributed by atoms with Gasteiger partial charge < -0.3 is 0 Å². The Morgan fingerprint density at radius 1 is 1.15 bits per heavy atom. The van der Waals surface area contributed by atoms with Crippen molar-refractivity contribution in [3.63, 3.8) is 0 Å². The van der Waals surface area contributed by atoms with E-state index < -0.39 is 5.91 Å². The molecule has 1 N–H and O–H groups in total. The molecule has 0 aromatic carbocycles. The van der Waals surface area contributed by atoms with Gasteiger partial charge in [0.1, 0.15) is 11.6 Å². The number of ketones is 2. The highest BCUT2D eigenvalue weighted by atomic mass is 16.1. The summed E-state index contributed by atoms with van der Waals surface area (Å²) in [6.07, 6.45) is 1.39. The maximum absolute atomic E-state index is 10.6. The molecule has 0 fully saturated rings. The maximum atomic E-state index is 10.6. The molecule has 1 amide bonds.